The molecule has 0 spiro atoms. The summed E-state index contributed by atoms with van der Waals surface area (Å²) in [4.78, 5) is 0. The quantitative estimate of drug-likeness (QED) is 0.196. The highest BCUT2D eigenvalue weighted by molar-refractivity contribution is 6.27. The van der Waals surface area contributed by atoms with E-state index < -0.39 is 60.4 Å². The van der Waals surface area contributed by atoms with Gasteiger partial charge in [-0.05, 0) is 72.2 Å². The van der Waals surface area contributed by atoms with Crippen LogP contribution in [0.3, 0.4) is 0 Å². The third-order valence-corrected chi connectivity index (χ3v) is 7.93. The van der Waals surface area contributed by atoms with Crippen LogP contribution in [0.2, 0.25) is 0 Å². The smallest absolute Gasteiger partial charge is 0.143 e. The summed E-state index contributed by atoms with van der Waals surface area (Å²) < 4.78 is 122. The Morgan fingerprint density at radius 1 is 0.419 bits per heavy atom. The number of fused-ring (bicyclic) bond motifs is 6. The summed E-state index contributed by atoms with van der Waals surface area (Å²) in [6.07, 6.45) is 0. The monoisotopic (exact) mass is 559 g/mol. The van der Waals surface area contributed by atoms with Crippen LogP contribution < -0.4 is 0 Å². The van der Waals surface area contributed by atoms with Crippen LogP contribution in [0.5, 0.6) is 0 Å². The number of benzene rings is 8. The first-order chi connectivity index (χ1) is 26.8. The van der Waals surface area contributed by atoms with Crippen LogP contribution >= 0.6 is 0 Å². The van der Waals surface area contributed by atoms with Crippen molar-refractivity contribution in [2.24, 2.45) is 0 Å². The van der Waals surface area contributed by atoms with E-state index in [4.69, 9.17) is 18.1 Å². The third-order valence-electron chi connectivity index (χ3n) is 7.93. The highest BCUT2D eigenvalue weighted by Gasteiger charge is 2.22. The van der Waals surface area contributed by atoms with Gasteiger partial charge in [-0.15, -0.1) is 0 Å². The van der Waals surface area contributed by atoms with Crippen molar-refractivity contribution in [3.05, 3.63) is 157 Å². The third kappa shape index (κ3) is 3.58. The Morgan fingerprint density at radius 3 is 1.70 bits per heavy atom. The van der Waals surface area contributed by atoms with Crippen molar-refractivity contribution in [1.82, 2.24) is 0 Å². The van der Waals surface area contributed by atoms with Crippen molar-refractivity contribution >= 4 is 54.3 Å². The maximum Gasteiger partial charge on any atom is 0.143 e. The maximum atomic E-state index is 9.72. The Morgan fingerprint density at radius 2 is 0.977 bits per heavy atom. The van der Waals surface area contributed by atoms with Crippen molar-refractivity contribution in [1.29, 1.82) is 0 Å². The summed E-state index contributed by atoms with van der Waals surface area (Å²) in [6.45, 7) is 0. The molecule has 0 unspecified atom stereocenters. The number of rotatable bonds is 3. The summed E-state index contributed by atoms with van der Waals surface area (Å²) in [5, 5.41) is 1.93. The minimum absolute atomic E-state index is 0.0340. The molecule has 0 radical (unpaired) electrons. The molecule has 0 fully saturated rings. The molecule has 0 amide bonds. The van der Waals surface area contributed by atoms with Crippen LogP contribution in [-0.2, 0) is 0 Å². The van der Waals surface area contributed by atoms with Crippen molar-refractivity contribution in [2.45, 2.75) is 0 Å². The van der Waals surface area contributed by atoms with Crippen LogP contribution in [0.1, 0.15) is 17.8 Å². The fraction of sp³-hybridized carbons (Fsp3) is 0. The largest absolute Gasteiger partial charge is 0.455 e. The average Bonchev–Trinajstić information content (AvgIpc) is 3.60. The molecule has 0 saturated heterocycles. The summed E-state index contributed by atoms with van der Waals surface area (Å²) >= 11 is 0. The van der Waals surface area contributed by atoms with Gasteiger partial charge in [0.15, 0.2) is 0 Å². The van der Waals surface area contributed by atoms with Gasteiger partial charge < -0.3 is 4.42 Å². The number of para-hydroxylation sites is 1. The molecular formula is C42H26O. The van der Waals surface area contributed by atoms with Gasteiger partial charge in [0.1, 0.15) is 11.2 Å². The van der Waals surface area contributed by atoms with Gasteiger partial charge in [-0.3, -0.25) is 0 Å². The maximum absolute atomic E-state index is 9.72. The van der Waals surface area contributed by atoms with E-state index in [0.29, 0.717) is 38.2 Å². The van der Waals surface area contributed by atoms with Crippen LogP contribution in [-0.4, -0.2) is 0 Å². The van der Waals surface area contributed by atoms with Gasteiger partial charge in [-0.25, -0.2) is 0 Å². The molecule has 43 heavy (non-hydrogen) atoms. The van der Waals surface area contributed by atoms with E-state index in [2.05, 4.69) is 0 Å². The van der Waals surface area contributed by atoms with Crippen molar-refractivity contribution in [3.8, 4) is 33.4 Å². The second-order valence-electron chi connectivity index (χ2n) is 10.2. The Kier molecular flexibility index (Phi) is 3.18. The van der Waals surface area contributed by atoms with Gasteiger partial charge in [-0.1, -0.05) is 145 Å². The normalized spacial score (nSPS) is 16.0. The summed E-state index contributed by atoms with van der Waals surface area (Å²) in [5.74, 6) is 0. The molecule has 0 atom stereocenters. The van der Waals surface area contributed by atoms with E-state index in [1.165, 1.54) is 0 Å². The van der Waals surface area contributed by atoms with Crippen molar-refractivity contribution in [3.63, 3.8) is 0 Å². The molecule has 1 heterocycles. The van der Waals surface area contributed by atoms with Crippen LogP contribution in [0, 0.1) is 0 Å². The highest BCUT2D eigenvalue weighted by Crippen LogP contribution is 2.49. The lowest BCUT2D eigenvalue weighted by molar-refractivity contribution is 0.670. The Bertz CT molecular complexity index is 3160. The zero-order valence-electron chi connectivity index (χ0n) is 35.4. The van der Waals surface area contributed by atoms with Gasteiger partial charge in [0.2, 0.25) is 0 Å². The number of hydrogen-bond acceptors (Lipinski definition) is 1. The first kappa shape index (κ1) is 14.5. The molecule has 0 bridgehead atoms. The van der Waals surface area contributed by atoms with E-state index >= 15 is 0 Å². The molecule has 1 aromatic heterocycles. The van der Waals surface area contributed by atoms with Gasteiger partial charge >= 0.3 is 0 Å². The van der Waals surface area contributed by atoms with E-state index in [0.717, 1.165) is 0 Å². The lowest BCUT2D eigenvalue weighted by Gasteiger charge is -2.19. The van der Waals surface area contributed by atoms with Crippen LogP contribution in [0.4, 0.5) is 0 Å². The lowest BCUT2D eigenvalue weighted by Crippen LogP contribution is -1.92. The molecule has 1 heteroatoms. The van der Waals surface area contributed by atoms with Gasteiger partial charge in [0.05, 0.1) is 17.8 Å². The molecule has 0 aliphatic carbocycles. The van der Waals surface area contributed by atoms with Gasteiger partial charge in [0.25, 0.3) is 0 Å². The first-order valence-electron chi connectivity index (χ1n) is 20.2. The molecule has 0 aliphatic rings. The lowest BCUT2D eigenvalue weighted by atomic mass is 9.83. The van der Waals surface area contributed by atoms with E-state index in [1.807, 2.05) is 0 Å². The zero-order valence-corrected chi connectivity index (χ0v) is 22.4. The van der Waals surface area contributed by atoms with Gasteiger partial charge in [-0.2, -0.15) is 0 Å². The predicted molar refractivity (Wildman–Crippen MR) is 183 cm³/mol. The fourth-order valence-corrected chi connectivity index (χ4v) is 6.14. The van der Waals surface area contributed by atoms with E-state index in [1.54, 1.807) is 78.9 Å². The standard InChI is InChI=1S/C42H26O/c1-2-13-28(14-3-1)30-25-26-37(41-36-22-10-11-24-38(36)43-42(30)41)40-34-20-8-6-18-32(34)39(33-19-7-9-21-35(33)40)31-23-12-16-27-15-4-5-17-29(27)31/h1-26H/i4D,5D,10D,11D,12D,15D,16D,17D,22D,23D,24D,25D,26D. The number of hydrogen-bond donors (Lipinski definition) is 0. The average molecular weight is 560 g/mol. The molecule has 0 N–H and O–H groups in total. The first-order valence-corrected chi connectivity index (χ1v) is 13.7. The molecule has 8 aromatic carbocycles. The van der Waals surface area contributed by atoms with Crippen molar-refractivity contribution in [2.75, 3.05) is 0 Å². The second kappa shape index (κ2) is 9.44. The molecular weight excluding hydrogens is 520 g/mol. The number of furan rings is 1. The highest BCUT2D eigenvalue weighted by atomic mass is 16.3. The zero-order chi connectivity index (χ0) is 39.6. The minimum atomic E-state index is -0.563. The van der Waals surface area contributed by atoms with E-state index in [-0.39, 0.29) is 67.5 Å². The predicted octanol–water partition coefficient (Wildman–Crippen LogP) is 12.0. The topological polar surface area (TPSA) is 13.1 Å². The van der Waals surface area contributed by atoms with Crippen molar-refractivity contribution < 1.29 is 22.2 Å². The van der Waals surface area contributed by atoms with E-state index in [9.17, 15) is 4.11 Å². The Hall–Kier alpha value is -5.66. The SMILES string of the molecule is [2H]c1c([2H])c([2H])c2c(oc3c(-c4ccccc4)c([2H])c([2H])c(-c4c5ccccc5c(-c5c([2H])c([2H])c([2H])c6c([2H])c([2H])c([2H])c([2H])c56)c5ccccc45)c32)c1[2H]. The molecule has 9 rings (SSSR count). The van der Waals surface area contributed by atoms with Gasteiger partial charge in [0, 0.05) is 16.3 Å². The summed E-state index contributed by atoms with van der Waals surface area (Å²) in [6, 6.07) is 17.3. The van der Waals surface area contributed by atoms with Crippen LogP contribution in [0.25, 0.3) is 87.6 Å². The summed E-state index contributed by atoms with van der Waals surface area (Å²) in [7, 11) is 0. The minimum Gasteiger partial charge on any atom is -0.455 e. The molecule has 200 valence electrons. The Balaban J connectivity index is 1.55. The second-order valence-corrected chi connectivity index (χ2v) is 10.2. The summed E-state index contributed by atoms with van der Waals surface area (Å²) in [5.41, 5.74) is 1.77. The van der Waals surface area contributed by atoms with Crippen LogP contribution in [0.15, 0.2) is 162 Å². The molecule has 0 saturated carbocycles. The molecule has 9 aromatic rings. The molecule has 1 nitrogen and oxygen atoms in total. The Labute approximate surface area is 267 Å². The fourth-order valence-electron chi connectivity index (χ4n) is 6.14. The molecule has 0 aliphatic heterocycles.